The Balaban J connectivity index is 1.56. The Morgan fingerprint density at radius 1 is 1.00 bits per heavy atom. The molecule has 5 rings (SSSR count). The largest absolute Gasteiger partial charge is 0.321 e. The summed E-state index contributed by atoms with van der Waals surface area (Å²) >= 11 is 0. The van der Waals surface area contributed by atoms with Crippen molar-refractivity contribution in [2.75, 3.05) is 26.2 Å². The van der Waals surface area contributed by atoms with Crippen LogP contribution in [-0.2, 0) is 5.54 Å². The van der Waals surface area contributed by atoms with E-state index >= 15 is 0 Å². The van der Waals surface area contributed by atoms with E-state index in [1.54, 1.807) is 0 Å². The molecule has 1 aliphatic carbocycles. The lowest BCUT2D eigenvalue weighted by Gasteiger charge is -2.43. The van der Waals surface area contributed by atoms with Crippen molar-refractivity contribution in [3.8, 4) is 0 Å². The van der Waals surface area contributed by atoms with E-state index in [-0.39, 0.29) is 17.1 Å². The van der Waals surface area contributed by atoms with E-state index in [0.29, 0.717) is 6.04 Å². The number of tetrazole rings is 1. The summed E-state index contributed by atoms with van der Waals surface area (Å²) in [4.78, 5) is 21.9. The van der Waals surface area contributed by atoms with Crippen LogP contribution in [0.1, 0.15) is 81.4 Å². The number of nitrogens with one attached hydrogen (secondary N) is 1. The highest BCUT2D eigenvalue weighted by atomic mass is 16.1. The number of pyridine rings is 1. The molecule has 188 valence electrons. The number of nitrogens with zero attached hydrogens (tertiary/aromatic N) is 6. The smallest absolute Gasteiger partial charge is 0.253 e. The molecule has 2 aliphatic rings. The number of aromatic amines is 1. The normalized spacial score (nSPS) is 19.9. The van der Waals surface area contributed by atoms with Gasteiger partial charge in [0.1, 0.15) is 6.04 Å². The van der Waals surface area contributed by atoms with Gasteiger partial charge in [-0.3, -0.25) is 14.6 Å². The maximum Gasteiger partial charge on any atom is 0.253 e. The molecule has 2 fully saturated rings. The second kappa shape index (κ2) is 9.47. The SMILES string of the molecule is Cc1ccc(C)c2[nH]c(=O)c([C@H](c3nnnn3C(C)(C)C)N3CCN(C4CCCCC4)CC3)cc12. The van der Waals surface area contributed by atoms with Crippen LogP contribution in [0.5, 0.6) is 0 Å². The minimum atomic E-state index is -0.300. The molecular weight excluding hydrogens is 438 g/mol. The fraction of sp³-hybridized carbons (Fsp3) is 0.630. The van der Waals surface area contributed by atoms with Crippen molar-refractivity contribution >= 4 is 10.9 Å². The van der Waals surface area contributed by atoms with Crippen molar-refractivity contribution < 1.29 is 0 Å². The summed E-state index contributed by atoms with van der Waals surface area (Å²) < 4.78 is 1.89. The summed E-state index contributed by atoms with van der Waals surface area (Å²) in [6.45, 7) is 14.3. The van der Waals surface area contributed by atoms with Crippen molar-refractivity contribution in [3.05, 3.63) is 51.1 Å². The van der Waals surface area contributed by atoms with Crippen LogP contribution in [0.15, 0.2) is 23.0 Å². The van der Waals surface area contributed by atoms with Crippen LogP contribution >= 0.6 is 0 Å². The van der Waals surface area contributed by atoms with Gasteiger partial charge in [0.15, 0.2) is 5.82 Å². The minimum Gasteiger partial charge on any atom is -0.321 e. The molecule has 8 heteroatoms. The molecule has 3 aromatic rings. The van der Waals surface area contributed by atoms with Gasteiger partial charge in [0.25, 0.3) is 5.56 Å². The molecule has 0 amide bonds. The Bertz CT molecular complexity index is 1240. The van der Waals surface area contributed by atoms with Crippen molar-refractivity contribution in [3.63, 3.8) is 0 Å². The number of hydrogen-bond acceptors (Lipinski definition) is 6. The van der Waals surface area contributed by atoms with Gasteiger partial charge in [0, 0.05) is 43.2 Å². The lowest BCUT2D eigenvalue weighted by atomic mass is 9.93. The van der Waals surface area contributed by atoms with Crippen LogP contribution in [0.2, 0.25) is 0 Å². The molecule has 1 atom stereocenters. The topological polar surface area (TPSA) is 82.9 Å². The third-order valence-corrected chi connectivity index (χ3v) is 7.95. The van der Waals surface area contributed by atoms with Crippen LogP contribution in [0.25, 0.3) is 10.9 Å². The highest BCUT2D eigenvalue weighted by Gasteiger charge is 2.36. The molecule has 1 N–H and O–H groups in total. The first-order valence-electron chi connectivity index (χ1n) is 13.1. The molecule has 1 aromatic carbocycles. The predicted octanol–water partition coefficient (Wildman–Crippen LogP) is 3.93. The highest BCUT2D eigenvalue weighted by molar-refractivity contribution is 5.85. The highest BCUT2D eigenvalue weighted by Crippen LogP contribution is 2.32. The molecule has 8 nitrogen and oxygen atoms in total. The Hall–Kier alpha value is -2.58. The molecule has 35 heavy (non-hydrogen) atoms. The van der Waals surface area contributed by atoms with Crippen molar-refractivity contribution in [1.29, 1.82) is 0 Å². The molecule has 2 aromatic heterocycles. The lowest BCUT2D eigenvalue weighted by molar-refractivity contribution is 0.0606. The maximum atomic E-state index is 13.6. The van der Waals surface area contributed by atoms with E-state index in [0.717, 1.165) is 59.6 Å². The van der Waals surface area contributed by atoms with E-state index in [4.69, 9.17) is 0 Å². The van der Waals surface area contributed by atoms with Crippen LogP contribution in [0.3, 0.4) is 0 Å². The number of fused-ring (bicyclic) bond motifs is 1. The number of hydrogen-bond donors (Lipinski definition) is 1. The van der Waals surface area contributed by atoms with Crippen LogP contribution in [0.4, 0.5) is 0 Å². The first-order chi connectivity index (χ1) is 16.7. The average Bonchev–Trinajstić information content (AvgIpc) is 3.34. The van der Waals surface area contributed by atoms with Gasteiger partial charge in [-0.15, -0.1) is 5.10 Å². The van der Waals surface area contributed by atoms with E-state index in [9.17, 15) is 4.79 Å². The maximum absolute atomic E-state index is 13.6. The number of aromatic nitrogens is 5. The summed E-state index contributed by atoms with van der Waals surface area (Å²) in [5, 5.41) is 14.0. The summed E-state index contributed by atoms with van der Waals surface area (Å²) in [6, 6.07) is 6.67. The molecule has 0 spiro atoms. The van der Waals surface area contributed by atoms with Gasteiger partial charge in [-0.2, -0.15) is 0 Å². The van der Waals surface area contributed by atoms with E-state index < -0.39 is 0 Å². The first kappa shape index (κ1) is 24.1. The molecule has 1 saturated heterocycles. The monoisotopic (exact) mass is 477 g/mol. The summed E-state index contributed by atoms with van der Waals surface area (Å²) in [6.07, 6.45) is 6.69. The van der Waals surface area contributed by atoms with Gasteiger partial charge in [-0.25, -0.2) is 4.68 Å². The van der Waals surface area contributed by atoms with Gasteiger partial charge in [0.05, 0.1) is 11.1 Å². The van der Waals surface area contributed by atoms with Crippen LogP contribution < -0.4 is 5.56 Å². The fourth-order valence-corrected chi connectivity index (χ4v) is 5.94. The van der Waals surface area contributed by atoms with Crippen LogP contribution in [-0.4, -0.2) is 67.2 Å². The van der Waals surface area contributed by atoms with Gasteiger partial charge in [0.2, 0.25) is 0 Å². The van der Waals surface area contributed by atoms with Gasteiger partial charge in [-0.1, -0.05) is 31.4 Å². The quantitative estimate of drug-likeness (QED) is 0.613. The zero-order valence-corrected chi connectivity index (χ0v) is 21.8. The number of piperazine rings is 1. The van der Waals surface area contributed by atoms with Crippen molar-refractivity contribution in [1.82, 2.24) is 35.0 Å². The average molecular weight is 478 g/mol. The predicted molar refractivity (Wildman–Crippen MR) is 139 cm³/mol. The zero-order valence-electron chi connectivity index (χ0n) is 21.8. The van der Waals surface area contributed by atoms with Gasteiger partial charge < -0.3 is 4.98 Å². The second-order valence-corrected chi connectivity index (χ2v) is 11.4. The standard InChI is InChI=1S/C27H39N7O/c1-18-11-12-19(2)23-21(18)17-22(26(35)28-23)24(25-29-30-31-34(25)27(3,4)5)33-15-13-32(14-16-33)20-9-7-6-8-10-20/h11-12,17,20,24H,6-10,13-16H2,1-5H3,(H,28,35)/t24-/m1/s1. The minimum absolute atomic E-state index is 0.0608. The molecule has 1 saturated carbocycles. The van der Waals surface area contributed by atoms with E-state index in [1.807, 2.05) is 11.6 Å². The first-order valence-corrected chi connectivity index (χ1v) is 13.1. The number of H-pyrrole nitrogens is 1. The molecule has 1 aliphatic heterocycles. The molecule has 0 bridgehead atoms. The second-order valence-electron chi connectivity index (χ2n) is 11.4. The van der Waals surface area contributed by atoms with E-state index in [2.05, 4.69) is 76.2 Å². The molecule has 0 unspecified atom stereocenters. The summed E-state index contributed by atoms with van der Waals surface area (Å²) in [7, 11) is 0. The van der Waals surface area contributed by atoms with Crippen molar-refractivity contribution in [2.45, 2.75) is 84.3 Å². The number of benzene rings is 1. The Morgan fingerprint density at radius 3 is 2.37 bits per heavy atom. The lowest BCUT2D eigenvalue weighted by Crippen LogP contribution is -2.52. The number of aryl methyl sites for hydroxylation is 2. The Kier molecular flexibility index (Phi) is 6.53. The summed E-state index contributed by atoms with van der Waals surface area (Å²) in [5.41, 5.74) is 3.50. The Labute approximate surface area is 207 Å². The zero-order chi connectivity index (χ0) is 24.7. The van der Waals surface area contributed by atoms with Gasteiger partial charge >= 0.3 is 0 Å². The van der Waals surface area contributed by atoms with E-state index in [1.165, 1.54) is 32.1 Å². The summed E-state index contributed by atoms with van der Waals surface area (Å²) in [5.74, 6) is 0.735. The van der Waals surface area contributed by atoms with Crippen molar-refractivity contribution in [2.24, 2.45) is 0 Å². The van der Waals surface area contributed by atoms with Crippen LogP contribution in [0, 0.1) is 13.8 Å². The third-order valence-electron chi connectivity index (χ3n) is 7.95. The molecular formula is C27H39N7O. The third kappa shape index (κ3) is 4.66. The Morgan fingerprint density at radius 2 is 1.69 bits per heavy atom. The van der Waals surface area contributed by atoms with Gasteiger partial charge in [-0.05, 0) is 75.1 Å². The molecule has 3 heterocycles. The number of rotatable bonds is 4. The fourth-order valence-electron chi connectivity index (χ4n) is 5.94. The molecule has 0 radical (unpaired) electrons.